The first kappa shape index (κ1) is 13.3. The van der Waals surface area contributed by atoms with Crippen molar-refractivity contribution in [2.75, 3.05) is 14.2 Å². The molecule has 3 aromatic carbocycles. The zero-order valence-electron chi connectivity index (χ0n) is 12.0. The van der Waals surface area contributed by atoms with Crippen LogP contribution in [0.25, 0.3) is 21.9 Å². The normalized spacial score (nSPS) is 10.6. The molecule has 21 heavy (non-hydrogen) atoms. The number of methoxy groups -OCH3 is 2. The summed E-state index contributed by atoms with van der Waals surface area (Å²) in [5.74, 6) is 1.65. The number of phenolic OH excluding ortho intramolecular Hbond substituents is 1. The number of hydrogen-bond donors (Lipinski definition) is 1. The van der Waals surface area contributed by atoms with Gasteiger partial charge in [0.05, 0.1) is 14.2 Å². The molecule has 0 heterocycles. The van der Waals surface area contributed by atoms with Crippen molar-refractivity contribution < 1.29 is 14.6 Å². The fourth-order valence-corrected chi connectivity index (χ4v) is 2.49. The van der Waals surface area contributed by atoms with Crippen molar-refractivity contribution in [2.24, 2.45) is 0 Å². The van der Waals surface area contributed by atoms with E-state index in [9.17, 15) is 5.11 Å². The molecule has 0 aromatic heterocycles. The lowest BCUT2D eigenvalue weighted by molar-refractivity contribution is 0.395. The van der Waals surface area contributed by atoms with Gasteiger partial charge in [0.25, 0.3) is 0 Å². The number of ether oxygens (including phenoxy) is 2. The third kappa shape index (κ3) is 2.27. The highest BCUT2D eigenvalue weighted by atomic mass is 16.5. The van der Waals surface area contributed by atoms with Crippen LogP contribution < -0.4 is 9.47 Å². The molecule has 0 aliphatic carbocycles. The van der Waals surface area contributed by atoms with E-state index in [0.29, 0.717) is 5.75 Å². The lowest BCUT2D eigenvalue weighted by Crippen LogP contribution is -1.91. The van der Waals surface area contributed by atoms with Crippen molar-refractivity contribution in [3.8, 4) is 28.4 Å². The predicted octanol–water partition coefficient (Wildman–Crippen LogP) is 4.23. The molecular formula is C18H16O3. The number of fused-ring (bicyclic) bond motifs is 1. The van der Waals surface area contributed by atoms with Crippen LogP contribution in [0.2, 0.25) is 0 Å². The van der Waals surface area contributed by atoms with Gasteiger partial charge >= 0.3 is 0 Å². The minimum atomic E-state index is 0.261. The summed E-state index contributed by atoms with van der Waals surface area (Å²) in [4.78, 5) is 0. The van der Waals surface area contributed by atoms with E-state index in [-0.39, 0.29) is 5.75 Å². The molecule has 3 heteroatoms. The molecular weight excluding hydrogens is 264 g/mol. The van der Waals surface area contributed by atoms with Gasteiger partial charge in [0.1, 0.15) is 17.2 Å². The fourth-order valence-electron chi connectivity index (χ4n) is 2.49. The fraction of sp³-hybridized carbons (Fsp3) is 0.111. The van der Waals surface area contributed by atoms with Gasteiger partial charge in [-0.1, -0.05) is 30.3 Å². The van der Waals surface area contributed by atoms with Gasteiger partial charge in [0.2, 0.25) is 0 Å². The van der Waals surface area contributed by atoms with E-state index < -0.39 is 0 Å². The maximum atomic E-state index is 10.6. The molecule has 0 amide bonds. The van der Waals surface area contributed by atoms with Gasteiger partial charge in [0.15, 0.2) is 0 Å². The molecule has 0 aliphatic heterocycles. The molecule has 3 aromatic rings. The van der Waals surface area contributed by atoms with Gasteiger partial charge in [-0.2, -0.15) is 0 Å². The van der Waals surface area contributed by atoms with Crippen LogP contribution in [0.5, 0.6) is 17.2 Å². The summed E-state index contributed by atoms with van der Waals surface area (Å²) in [6.07, 6.45) is 0. The number of phenols is 1. The van der Waals surface area contributed by atoms with E-state index in [1.165, 1.54) is 0 Å². The van der Waals surface area contributed by atoms with E-state index in [1.54, 1.807) is 14.2 Å². The Morgan fingerprint density at radius 1 is 0.810 bits per heavy atom. The highest BCUT2D eigenvalue weighted by Gasteiger charge is 2.13. The second-order valence-electron chi connectivity index (χ2n) is 4.75. The Bertz CT molecular complexity index is 794. The second kappa shape index (κ2) is 5.37. The van der Waals surface area contributed by atoms with Crippen LogP contribution in [0, 0.1) is 0 Å². The van der Waals surface area contributed by atoms with Gasteiger partial charge in [-0.25, -0.2) is 0 Å². The minimum absolute atomic E-state index is 0.261. The summed E-state index contributed by atoms with van der Waals surface area (Å²) in [6.45, 7) is 0. The van der Waals surface area contributed by atoms with Gasteiger partial charge in [-0.05, 0) is 23.6 Å². The number of hydrogen-bond acceptors (Lipinski definition) is 3. The number of benzene rings is 3. The quantitative estimate of drug-likeness (QED) is 0.780. The van der Waals surface area contributed by atoms with Gasteiger partial charge in [-0.3, -0.25) is 0 Å². The van der Waals surface area contributed by atoms with E-state index in [4.69, 9.17) is 9.47 Å². The Morgan fingerprint density at radius 2 is 1.57 bits per heavy atom. The number of rotatable bonds is 3. The summed E-state index contributed by atoms with van der Waals surface area (Å²) < 4.78 is 10.6. The SMILES string of the molecule is COc1ccc(-c2ccc3ccccc3c2O)c(OC)c1. The van der Waals surface area contributed by atoms with Crippen LogP contribution in [0.1, 0.15) is 0 Å². The van der Waals surface area contributed by atoms with Gasteiger partial charge < -0.3 is 14.6 Å². The predicted molar refractivity (Wildman–Crippen MR) is 84.2 cm³/mol. The Kier molecular flexibility index (Phi) is 3.40. The lowest BCUT2D eigenvalue weighted by atomic mass is 9.99. The van der Waals surface area contributed by atoms with Crippen molar-refractivity contribution in [3.05, 3.63) is 54.6 Å². The molecule has 0 saturated heterocycles. The molecule has 0 saturated carbocycles. The van der Waals surface area contributed by atoms with Crippen molar-refractivity contribution in [2.45, 2.75) is 0 Å². The lowest BCUT2D eigenvalue weighted by Gasteiger charge is -2.13. The molecule has 1 N–H and O–H groups in total. The largest absolute Gasteiger partial charge is 0.507 e. The average molecular weight is 280 g/mol. The topological polar surface area (TPSA) is 38.7 Å². The number of aromatic hydroxyl groups is 1. The molecule has 106 valence electrons. The Morgan fingerprint density at radius 3 is 2.33 bits per heavy atom. The van der Waals surface area contributed by atoms with Crippen molar-refractivity contribution in [1.29, 1.82) is 0 Å². The molecule has 0 unspecified atom stereocenters. The maximum absolute atomic E-state index is 10.6. The standard InChI is InChI=1S/C18H16O3/c1-20-13-8-10-15(17(11-13)21-2)16-9-7-12-5-3-4-6-14(12)18(16)19/h3-11,19H,1-2H3. The average Bonchev–Trinajstić information content (AvgIpc) is 2.55. The third-order valence-corrected chi connectivity index (χ3v) is 3.60. The van der Waals surface area contributed by atoms with Crippen molar-refractivity contribution >= 4 is 10.8 Å². The van der Waals surface area contributed by atoms with Crippen LogP contribution in [-0.4, -0.2) is 19.3 Å². The summed E-state index contributed by atoms with van der Waals surface area (Å²) >= 11 is 0. The van der Waals surface area contributed by atoms with Crippen LogP contribution in [0.3, 0.4) is 0 Å². The first-order valence-corrected chi connectivity index (χ1v) is 6.67. The molecule has 0 atom stereocenters. The summed E-state index contributed by atoms with van der Waals surface area (Å²) in [5, 5.41) is 12.4. The smallest absolute Gasteiger partial charge is 0.131 e. The van der Waals surface area contributed by atoms with E-state index in [1.807, 2.05) is 54.6 Å². The first-order valence-electron chi connectivity index (χ1n) is 6.67. The third-order valence-electron chi connectivity index (χ3n) is 3.60. The minimum Gasteiger partial charge on any atom is -0.507 e. The highest BCUT2D eigenvalue weighted by Crippen LogP contribution is 2.41. The van der Waals surface area contributed by atoms with Crippen LogP contribution in [-0.2, 0) is 0 Å². The van der Waals surface area contributed by atoms with Crippen LogP contribution in [0.15, 0.2) is 54.6 Å². The van der Waals surface area contributed by atoms with Gasteiger partial charge in [0, 0.05) is 22.6 Å². The van der Waals surface area contributed by atoms with Crippen LogP contribution >= 0.6 is 0 Å². The van der Waals surface area contributed by atoms with E-state index in [0.717, 1.165) is 27.6 Å². The Hall–Kier alpha value is -2.68. The van der Waals surface area contributed by atoms with Gasteiger partial charge in [-0.15, -0.1) is 0 Å². The summed E-state index contributed by atoms with van der Waals surface area (Å²) in [5.41, 5.74) is 1.58. The Labute approximate surface area is 123 Å². The summed E-state index contributed by atoms with van der Waals surface area (Å²) in [6, 6.07) is 17.2. The molecule has 3 nitrogen and oxygen atoms in total. The van der Waals surface area contributed by atoms with E-state index >= 15 is 0 Å². The van der Waals surface area contributed by atoms with Crippen LogP contribution in [0.4, 0.5) is 0 Å². The molecule has 0 bridgehead atoms. The summed E-state index contributed by atoms with van der Waals surface area (Å²) in [7, 11) is 3.22. The molecule has 0 aliphatic rings. The highest BCUT2D eigenvalue weighted by molar-refractivity contribution is 5.95. The zero-order valence-corrected chi connectivity index (χ0v) is 12.0. The molecule has 0 spiro atoms. The molecule has 0 radical (unpaired) electrons. The first-order chi connectivity index (χ1) is 10.2. The van der Waals surface area contributed by atoms with E-state index in [2.05, 4.69) is 0 Å². The Balaban J connectivity index is 2.23. The van der Waals surface area contributed by atoms with Crippen molar-refractivity contribution in [1.82, 2.24) is 0 Å². The van der Waals surface area contributed by atoms with Crippen molar-refractivity contribution in [3.63, 3.8) is 0 Å². The zero-order chi connectivity index (χ0) is 14.8. The maximum Gasteiger partial charge on any atom is 0.131 e. The monoisotopic (exact) mass is 280 g/mol. The molecule has 3 rings (SSSR count). The molecule has 0 fully saturated rings. The second-order valence-corrected chi connectivity index (χ2v) is 4.75.